The number of nitrogens with zero attached hydrogens (tertiary/aromatic N) is 1. The van der Waals surface area contributed by atoms with Crippen LogP contribution in [0.4, 0.5) is 18.9 Å². The zero-order valence-corrected chi connectivity index (χ0v) is 17.6. The molecule has 0 radical (unpaired) electrons. The van der Waals surface area contributed by atoms with Crippen LogP contribution in [0.25, 0.3) is 6.08 Å². The van der Waals surface area contributed by atoms with Gasteiger partial charge >= 0.3 is 6.18 Å². The summed E-state index contributed by atoms with van der Waals surface area (Å²) in [6.07, 6.45) is -0.406. The van der Waals surface area contributed by atoms with E-state index in [0.29, 0.717) is 11.3 Å². The maximum atomic E-state index is 14.0. The Morgan fingerprint density at radius 2 is 1.84 bits per heavy atom. The Bertz CT molecular complexity index is 1060. The Hall–Kier alpha value is -2.51. The molecule has 4 nitrogen and oxygen atoms in total. The molecule has 1 amide bonds. The van der Waals surface area contributed by atoms with Crippen LogP contribution in [-0.2, 0) is 15.2 Å². The molecule has 1 unspecified atom stereocenters. The summed E-state index contributed by atoms with van der Waals surface area (Å²) in [6.45, 7) is 0. The number of carbonyl (C=O) groups excluding carboxylic acids is 1. The number of anilines is 1. The maximum absolute atomic E-state index is 14.0. The summed E-state index contributed by atoms with van der Waals surface area (Å²) in [5, 5.41) is 6.64. The van der Waals surface area contributed by atoms with Gasteiger partial charge in [0.25, 0.3) is 5.60 Å². The molecule has 2 aromatic carbocycles. The second-order valence-corrected chi connectivity index (χ2v) is 8.43. The van der Waals surface area contributed by atoms with Crippen LogP contribution in [-0.4, -0.2) is 17.8 Å². The number of oxime groups is 1. The summed E-state index contributed by atoms with van der Waals surface area (Å²) in [5.41, 5.74) is -1.44. The number of nitrogens with one attached hydrogen (secondary N) is 1. The van der Waals surface area contributed by atoms with E-state index < -0.39 is 18.2 Å². The minimum atomic E-state index is -4.74. The number of halogens is 5. The second kappa shape index (κ2) is 8.20. The molecule has 1 N–H and O–H groups in total. The SMILES string of the molecule is O=C(Nc1cccc(/C=C/C2=NOC(c3cc(Cl)cc(Cl)c3)(C(F)(F)F)C2)c1)C1CC1. The lowest BCUT2D eigenvalue weighted by molar-refractivity contribution is -0.275. The Labute approximate surface area is 186 Å². The first kappa shape index (κ1) is 21.7. The molecule has 2 aliphatic rings. The number of hydrogen-bond acceptors (Lipinski definition) is 3. The summed E-state index contributed by atoms with van der Waals surface area (Å²) >= 11 is 11.8. The normalized spacial score (nSPS) is 21.1. The van der Waals surface area contributed by atoms with Crippen molar-refractivity contribution in [2.24, 2.45) is 11.1 Å². The molecule has 1 heterocycles. The van der Waals surface area contributed by atoms with Gasteiger partial charge in [-0.05, 0) is 54.8 Å². The van der Waals surface area contributed by atoms with Crippen molar-refractivity contribution in [1.82, 2.24) is 0 Å². The molecule has 1 saturated carbocycles. The largest absolute Gasteiger partial charge is 0.435 e. The van der Waals surface area contributed by atoms with E-state index in [1.54, 1.807) is 30.3 Å². The van der Waals surface area contributed by atoms with E-state index >= 15 is 0 Å². The van der Waals surface area contributed by atoms with E-state index in [0.717, 1.165) is 12.8 Å². The Morgan fingerprint density at radius 3 is 2.48 bits per heavy atom. The molecular formula is C22H17Cl2F3N2O2. The highest BCUT2D eigenvalue weighted by Crippen LogP contribution is 2.49. The Morgan fingerprint density at radius 1 is 1.13 bits per heavy atom. The van der Waals surface area contributed by atoms with Crippen LogP contribution < -0.4 is 5.32 Å². The van der Waals surface area contributed by atoms with Crippen LogP contribution >= 0.6 is 23.2 Å². The standard InChI is InChI=1S/C22H17Cl2F3N2O2/c23-16-9-15(10-17(24)11-16)21(22(25,26)27)12-19(29-31-21)7-4-13-2-1-3-18(8-13)28-20(30)14-5-6-14/h1-4,7-11,14H,5-6,12H2,(H,28,30)/b7-4+. The first-order valence-electron chi connectivity index (χ1n) is 9.54. The zero-order valence-electron chi connectivity index (χ0n) is 16.0. The summed E-state index contributed by atoms with van der Waals surface area (Å²) in [7, 11) is 0. The Kier molecular flexibility index (Phi) is 5.75. The Balaban J connectivity index is 1.53. The van der Waals surface area contributed by atoms with Crippen molar-refractivity contribution in [3.8, 4) is 0 Å². The number of alkyl halides is 3. The van der Waals surface area contributed by atoms with Gasteiger partial charge in [0.15, 0.2) is 0 Å². The third-order valence-electron chi connectivity index (χ3n) is 5.11. The van der Waals surface area contributed by atoms with Crippen molar-refractivity contribution in [2.75, 3.05) is 5.32 Å². The quantitative estimate of drug-likeness (QED) is 0.537. The summed E-state index contributed by atoms with van der Waals surface area (Å²) < 4.78 is 42.0. The lowest BCUT2D eigenvalue weighted by Crippen LogP contribution is -2.42. The number of hydrogen-bond donors (Lipinski definition) is 1. The van der Waals surface area contributed by atoms with Crippen molar-refractivity contribution >= 4 is 46.6 Å². The fourth-order valence-electron chi connectivity index (χ4n) is 3.31. The molecule has 1 aliphatic heterocycles. The van der Waals surface area contributed by atoms with Crippen molar-refractivity contribution in [3.63, 3.8) is 0 Å². The van der Waals surface area contributed by atoms with Crippen LogP contribution in [0.2, 0.25) is 10.0 Å². The lowest BCUT2D eigenvalue weighted by Gasteiger charge is -2.29. The number of carbonyl (C=O) groups is 1. The molecule has 1 atom stereocenters. The molecule has 0 saturated heterocycles. The van der Waals surface area contributed by atoms with Crippen molar-refractivity contribution in [2.45, 2.75) is 31.0 Å². The molecular weight excluding hydrogens is 452 g/mol. The fraction of sp³-hybridized carbons (Fsp3) is 0.273. The van der Waals surface area contributed by atoms with Gasteiger partial charge in [-0.1, -0.05) is 46.6 Å². The van der Waals surface area contributed by atoms with Crippen molar-refractivity contribution < 1.29 is 22.8 Å². The molecule has 0 aromatic heterocycles. The lowest BCUT2D eigenvalue weighted by atomic mass is 9.88. The predicted octanol–water partition coefficient (Wildman–Crippen LogP) is 6.59. The average Bonchev–Trinajstić information content (AvgIpc) is 3.44. The smallest absolute Gasteiger partial charge is 0.374 e. The molecule has 9 heteroatoms. The molecule has 1 fully saturated rings. The van der Waals surface area contributed by atoms with Crippen molar-refractivity contribution in [3.05, 3.63) is 69.7 Å². The van der Waals surface area contributed by atoms with Gasteiger partial charge in [-0.15, -0.1) is 0 Å². The zero-order chi connectivity index (χ0) is 22.2. The van der Waals surface area contributed by atoms with E-state index in [-0.39, 0.29) is 33.1 Å². The van der Waals surface area contributed by atoms with Crippen LogP contribution in [0.15, 0.2) is 53.7 Å². The maximum Gasteiger partial charge on any atom is 0.435 e. The number of rotatable bonds is 5. The highest BCUT2D eigenvalue weighted by atomic mass is 35.5. The molecule has 162 valence electrons. The van der Waals surface area contributed by atoms with Gasteiger partial charge in [0.05, 0.1) is 5.71 Å². The van der Waals surface area contributed by atoms with E-state index in [1.807, 2.05) is 0 Å². The molecule has 4 rings (SSSR count). The molecule has 2 aromatic rings. The summed E-state index contributed by atoms with van der Waals surface area (Å²) in [6, 6.07) is 10.7. The van der Waals surface area contributed by atoms with Gasteiger partial charge in [-0.3, -0.25) is 4.79 Å². The first-order chi connectivity index (χ1) is 14.7. The number of amides is 1. The molecule has 0 bridgehead atoms. The van der Waals surface area contributed by atoms with Gasteiger partial charge in [-0.2, -0.15) is 13.2 Å². The average molecular weight is 469 g/mol. The molecule has 0 spiro atoms. The van der Waals surface area contributed by atoms with Gasteiger partial charge in [-0.25, -0.2) is 0 Å². The molecule has 31 heavy (non-hydrogen) atoms. The first-order valence-corrected chi connectivity index (χ1v) is 10.3. The van der Waals surface area contributed by atoms with Gasteiger partial charge in [0, 0.05) is 33.6 Å². The predicted molar refractivity (Wildman–Crippen MR) is 114 cm³/mol. The monoisotopic (exact) mass is 468 g/mol. The third kappa shape index (κ3) is 4.72. The fourth-order valence-corrected chi connectivity index (χ4v) is 3.83. The van der Waals surface area contributed by atoms with E-state index in [9.17, 15) is 18.0 Å². The van der Waals surface area contributed by atoms with Crippen LogP contribution in [0.5, 0.6) is 0 Å². The van der Waals surface area contributed by atoms with Crippen LogP contribution in [0.3, 0.4) is 0 Å². The highest BCUT2D eigenvalue weighted by molar-refractivity contribution is 6.34. The topological polar surface area (TPSA) is 50.7 Å². The van der Waals surface area contributed by atoms with Crippen LogP contribution in [0.1, 0.15) is 30.4 Å². The summed E-state index contributed by atoms with van der Waals surface area (Å²) in [5.74, 6) is 0.0458. The van der Waals surface area contributed by atoms with E-state index in [1.165, 1.54) is 24.3 Å². The van der Waals surface area contributed by atoms with E-state index in [4.69, 9.17) is 28.0 Å². The van der Waals surface area contributed by atoms with E-state index in [2.05, 4.69) is 10.5 Å². The molecule has 1 aliphatic carbocycles. The second-order valence-electron chi connectivity index (χ2n) is 7.56. The van der Waals surface area contributed by atoms with Gasteiger partial charge < -0.3 is 10.2 Å². The minimum Gasteiger partial charge on any atom is -0.374 e. The minimum absolute atomic E-state index is 0.0233. The third-order valence-corrected chi connectivity index (χ3v) is 5.54. The highest BCUT2D eigenvalue weighted by Gasteiger charge is 2.62. The number of allylic oxidation sites excluding steroid dienone is 1. The number of benzene rings is 2. The van der Waals surface area contributed by atoms with Crippen LogP contribution in [0, 0.1) is 5.92 Å². The van der Waals surface area contributed by atoms with Crippen molar-refractivity contribution in [1.29, 1.82) is 0 Å². The van der Waals surface area contributed by atoms with Gasteiger partial charge in [0.1, 0.15) is 0 Å². The van der Waals surface area contributed by atoms with Gasteiger partial charge in [0.2, 0.25) is 5.91 Å². The summed E-state index contributed by atoms with van der Waals surface area (Å²) in [4.78, 5) is 16.9.